The van der Waals surface area contributed by atoms with Gasteiger partial charge in [0.15, 0.2) is 5.16 Å². The van der Waals surface area contributed by atoms with Gasteiger partial charge in [0.25, 0.3) is 0 Å². The Balaban J connectivity index is 1.91. The van der Waals surface area contributed by atoms with E-state index in [0.717, 1.165) is 30.2 Å². The van der Waals surface area contributed by atoms with Gasteiger partial charge in [-0.05, 0) is 18.4 Å². The summed E-state index contributed by atoms with van der Waals surface area (Å²) >= 11 is 1.43. The minimum Gasteiger partial charge on any atom is -0.353 e. The van der Waals surface area contributed by atoms with Gasteiger partial charge in [-0.3, -0.25) is 4.79 Å². The maximum atomic E-state index is 12.0. The molecule has 0 fully saturated rings. The van der Waals surface area contributed by atoms with Crippen molar-refractivity contribution in [1.82, 2.24) is 20.1 Å². The topological polar surface area (TPSA) is 59.8 Å². The fourth-order valence-electron chi connectivity index (χ4n) is 2.30. The third kappa shape index (κ3) is 5.10. The second kappa shape index (κ2) is 8.72. The summed E-state index contributed by atoms with van der Waals surface area (Å²) in [5.41, 5.74) is 1.20. The summed E-state index contributed by atoms with van der Waals surface area (Å²) in [6.45, 7) is 4.17. The molecule has 2 aromatic rings. The average Bonchev–Trinajstić information content (AvgIpc) is 2.92. The van der Waals surface area contributed by atoms with E-state index in [-0.39, 0.29) is 11.9 Å². The Bertz CT molecular complexity index is 623. The lowest BCUT2D eigenvalue weighted by Gasteiger charge is -2.14. The van der Waals surface area contributed by atoms with Crippen LogP contribution in [-0.4, -0.2) is 32.5 Å². The van der Waals surface area contributed by atoms with Gasteiger partial charge in [0.05, 0.1) is 5.75 Å². The third-order valence-corrected chi connectivity index (χ3v) is 4.83. The molecule has 5 nitrogen and oxygen atoms in total. The molecule has 0 aliphatic carbocycles. The van der Waals surface area contributed by atoms with E-state index >= 15 is 0 Å². The van der Waals surface area contributed by atoms with Gasteiger partial charge in [0, 0.05) is 19.5 Å². The number of carbonyl (C=O) groups is 1. The maximum absolute atomic E-state index is 12.0. The van der Waals surface area contributed by atoms with Gasteiger partial charge in [0.2, 0.25) is 5.91 Å². The van der Waals surface area contributed by atoms with Crippen molar-refractivity contribution >= 4 is 17.7 Å². The first-order valence-electron chi connectivity index (χ1n) is 7.98. The van der Waals surface area contributed by atoms with Crippen molar-refractivity contribution < 1.29 is 4.79 Å². The van der Waals surface area contributed by atoms with Crippen molar-refractivity contribution in [3.05, 3.63) is 41.7 Å². The number of amides is 1. The van der Waals surface area contributed by atoms with Gasteiger partial charge < -0.3 is 9.88 Å². The van der Waals surface area contributed by atoms with Crippen molar-refractivity contribution in [2.45, 2.75) is 44.3 Å². The van der Waals surface area contributed by atoms with Crippen LogP contribution in [0.1, 0.15) is 38.1 Å². The van der Waals surface area contributed by atoms with Gasteiger partial charge in [-0.25, -0.2) is 0 Å². The van der Waals surface area contributed by atoms with Gasteiger partial charge in [0.1, 0.15) is 5.82 Å². The van der Waals surface area contributed by atoms with Crippen LogP contribution in [0, 0.1) is 0 Å². The first kappa shape index (κ1) is 17.5. The molecule has 0 saturated heterocycles. The number of carbonyl (C=O) groups excluding carboxylic acids is 1. The Labute approximate surface area is 141 Å². The molecule has 0 aliphatic heterocycles. The van der Waals surface area contributed by atoms with E-state index in [1.54, 1.807) is 0 Å². The second-order valence-electron chi connectivity index (χ2n) is 5.49. The van der Waals surface area contributed by atoms with Gasteiger partial charge >= 0.3 is 0 Å². The van der Waals surface area contributed by atoms with E-state index < -0.39 is 0 Å². The highest BCUT2D eigenvalue weighted by molar-refractivity contribution is 7.99. The highest BCUT2D eigenvalue weighted by Gasteiger charge is 2.13. The summed E-state index contributed by atoms with van der Waals surface area (Å²) in [4.78, 5) is 12.0. The zero-order valence-electron chi connectivity index (χ0n) is 14.0. The molecule has 1 N–H and O–H groups in total. The standard InChI is InChI=1S/C17H24N4OS/c1-4-14(5-2)18-16(22)12-23-17-20-19-15(21(17)3)11-13-9-7-6-8-10-13/h6-10,14H,4-5,11-12H2,1-3H3,(H,18,22). The third-order valence-electron chi connectivity index (χ3n) is 3.81. The van der Waals surface area contributed by atoms with Crippen molar-refractivity contribution in [1.29, 1.82) is 0 Å². The first-order valence-corrected chi connectivity index (χ1v) is 8.96. The second-order valence-corrected chi connectivity index (χ2v) is 6.43. The zero-order chi connectivity index (χ0) is 16.7. The number of aromatic nitrogens is 3. The van der Waals surface area contributed by atoms with Gasteiger partial charge in [-0.1, -0.05) is 55.9 Å². The number of nitrogens with one attached hydrogen (secondary N) is 1. The number of rotatable bonds is 8. The molecule has 0 spiro atoms. The monoisotopic (exact) mass is 332 g/mol. The van der Waals surface area contributed by atoms with E-state index in [1.165, 1.54) is 17.3 Å². The molecule has 6 heteroatoms. The van der Waals surface area contributed by atoms with Crippen LogP contribution in [0.25, 0.3) is 0 Å². The normalized spacial score (nSPS) is 11.0. The Kier molecular flexibility index (Phi) is 6.65. The molecule has 1 aromatic heterocycles. The average molecular weight is 332 g/mol. The van der Waals surface area contributed by atoms with E-state index in [1.807, 2.05) is 29.8 Å². The number of thioether (sulfide) groups is 1. The van der Waals surface area contributed by atoms with Gasteiger partial charge in [-0.15, -0.1) is 10.2 Å². The van der Waals surface area contributed by atoms with Crippen LogP contribution in [0.3, 0.4) is 0 Å². The molecule has 1 aromatic carbocycles. The van der Waals surface area contributed by atoms with Crippen LogP contribution in [0.4, 0.5) is 0 Å². The lowest BCUT2D eigenvalue weighted by molar-refractivity contribution is -0.119. The van der Waals surface area contributed by atoms with Crippen molar-refractivity contribution in [2.75, 3.05) is 5.75 Å². The lowest BCUT2D eigenvalue weighted by atomic mass is 10.1. The van der Waals surface area contributed by atoms with Crippen LogP contribution in [0.2, 0.25) is 0 Å². The molecule has 1 amide bonds. The molecule has 2 rings (SSSR count). The molecule has 0 atom stereocenters. The molecule has 0 radical (unpaired) electrons. The minimum atomic E-state index is 0.0521. The molecular formula is C17H24N4OS. The Morgan fingerprint density at radius 3 is 2.57 bits per heavy atom. The zero-order valence-corrected chi connectivity index (χ0v) is 14.8. The highest BCUT2D eigenvalue weighted by Crippen LogP contribution is 2.17. The Morgan fingerprint density at radius 1 is 1.22 bits per heavy atom. The summed E-state index contributed by atoms with van der Waals surface area (Å²) in [5, 5.41) is 12.3. The first-order chi connectivity index (χ1) is 11.1. The summed E-state index contributed by atoms with van der Waals surface area (Å²) in [6, 6.07) is 10.4. The fraction of sp³-hybridized carbons (Fsp3) is 0.471. The molecule has 0 unspecified atom stereocenters. The Hall–Kier alpha value is -1.82. The van der Waals surface area contributed by atoms with E-state index in [4.69, 9.17) is 0 Å². The van der Waals surface area contributed by atoms with Crippen LogP contribution in [-0.2, 0) is 18.3 Å². The molecule has 1 heterocycles. The van der Waals surface area contributed by atoms with Crippen molar-refractivity contribution in [3.8, 4) is 0 Å². The predicted molar refractivity (Wildman–Crippen MR) is 93.5 cm³/mol. The van der Waals surface area contributed by atoms with Crippen LogP contribution in [0.5, 0.6) is 0 Å². The summed E-state index contributed by atoms with van der Waals surface area (Å²) < 4.78 is 1.96. The quantitative estimate of drug-likeness (QED) is 0.755. The largest absolute Gasteiger partial charge is 0.353 e. The molecule has 0 aliphatic rings. The predicted octanol–water partition coefficient (Wildman–Crippen LogP) is 2.80. The highest BCUT2D eigenvalue weighted by atomic mass is 32.2. The Morgan fingerprint density at radius 2 is 1.91 bits per heavy atom. The summed E-state index contributed by atoms with van der Waals surface area (Å²) in [5.74, 6) is 1.32. The molecule has 23 heavy (non-hydrogen) atoms. The van der Waals surface area contributed by atoms with E-state index in [9.17, 15) is 4.79 Å². The fourth-order valence-corrected chi connectivity index (χ4v) is 3.04. The number of hydrogen-bond donors (Lipinski definition) is 1. The van der Waals surface area contributed by atoms with E-state index in [2.05, 4.69) is 41.5 Å². The van der Waals surface area contributed by atoms with Crippen molar-refractivity contribution in [2.24, 2.45) is 7.05 Å². The molecular weight excluding hydrogens is 308 g/mol. The lowest BCUT2D eigenvalue weighted by Crippen LogP contribution is -2.35. The maximum Gasteiger partial charge on any atom is 0.230 e. The van der Waals surface area contributed by atoms with Gasteiger partial charge in [-0.2, -0.15) is 0 Å². The van der Waals surface area contributed by atoms with Crippen LogP contribution < -0.4 is 5.32 Å². The van der Waals surface area contributed by atoms with Crippen LogP contribution in [0.15, 0.2) is 35.5 Å². The number of nitrogens with zero attached hydrogens (tertiary/aromatic N) is 3. The summed E-state index contributed by atoms with van der Waals surface area (Å²) in [6.07, 6.45) is 2.65. The van der Waals surface area contributed by atoms with Crippen molar-refractivity contribution in [3.63, 3.8) is 0 Å². The molecule has 0 saturated carbocycles. The SMILES string of the molecule is CCC(CC)NC(=O)CSc1nnc(Cc2ccccc2)n1C. The minimum absolute atomic E-state index is 0.0521. The smallest absolute Gasteiger partial charge is 0.230 e. The van der Waals surface area contributed by atoms with Crippen LogP contribution >= 0.6 is 11.8 Å². The molecule has 124 valence electrons. The number of benzene rings is 1. The number of hydrogen-bond acceptors (Lipinski definition) is 4. The van der Waals surface area contributed by atoms with E-state index in [0.29, 0.717) is 5.75 Å². The summed E-state index contributed by atoms with van der Waals surface area (Å²) in [7, 11) is 1.94. The molecule has 0 bridgehead atoms.